The molecule has 1 aromatic rings. The third kappa shape index (κ3) is 3.16. The number of hydrogen-bond acceptors (Lipinski definition) is 7. The number of amides is 1. The maximum atomic E-state index is 11.2. The second kappa shape index (κ2) is 6.51. The lowest BCUT2D eigenvalue weighted by molar-refractivity contribution is -0.385. The van der Waals surface area contributed by atoms with Gasteiger partial charge in [-0.05, 0) is 13.0 Å². The van der Waals surface area contributed by atoms with Crippen LogP contribution < -0.4 is 11.1 Å². The van der Waals surface area contributed by atoms with Crippen LogP contribution in [0, 0.1) is 51.0 Å². The van der Waals surface area contributed by atoms with Crippen molar-refractivity contribution in [1.82, 2.24) is 0 Å². The van der Waals surface area contributed by atoms with Crippen LogP contribution in [-0.2, 0) is 0 Å². The van der Waals surface area contributed by atoms with Crippen molar-refractivity contribution in [2.75, 3.05) is 5.32 Å². The van der Waals surface area contributed by atoms with Crippen molar-refractivity contribution in [3.05, 3.63) is 44.6 Å². The van der Waals surface area contributed by atoms with Crippen molar-refractivity contribution >= 4 is 17.3 Å². The normalized spacial score (nSPS) is 8.82. The zero-order chi connectivity index (χ0) is 16.9. The van der Waals surface area contributed by atoms with Gasteiger partial charge in [0.2, 0.25) is 5.91 Å². The molecular formula is C13H8N6O3. The Labute approximate surface area is 124 Å². The van der Waals surface area contributed by atoms with Gasteiger partial charge in [0.25, 0.3) is 5.69 Å². The largest absolute Gasteiger partial charge is 0.366 e. The summed E-state index contributed by atoms with van der Waals surface area (Å²) in [6.07, 6.45) is 0. The van der Waals surface area contributed by atoms with Crippen molar-refractivity contribution < 1.29 is 9.72 Å². The molecule has 0 atom stereocenters. The number of nitrogens with zero attached hydrogens (tertiary/aromatic N) is 4. The number of primary amides is 1. The molecule has 0 heterocycles. The average molecular weight is 296 g/mol. The lowest BCUT2D eigenvalue weighted by atomic mass is 10.1. The zero-order valence-corrected chi connectivity index (χ0v) is 11.2. The number of hydrogen-bond donors (Lipinski definition) is 2. The number of allylic oxidation sites excluding steroid dienone is 2. The van der Waals surface area contributed by atoms with Crippen LogP contribution in [0.15, 0.2) is 23.4 Å². The third-order valence-corrected chi connectivity index (χ3v) is 2.71. The molecule has 0 spiro atoms. The van der Waals surface area contributed by atoms with Crippen LogP contribution in [0.4, 0.5) is 11.4 Å². The van der Waals surface area contributed by atoms with Crippen molar-refractivity contribution in [1.29, 1.82) is 15.8 Å². The van der Waals surface area contributed by atoms with Gasteiger partial charge in [-0.3, -0.25) is 14.9 Å². The quantitative estimate of drug-likeness (QED) is 0.478. The Hall–Kier alpha value is -3.90. The number of nitro benzene ring substituents is 1. The lowest BCUT2D eigenvalue weighted by Gasteiger charge is -2.10. The molecule has 0 aliphatic heterocycles. The van der Waals surface area contributed by atoms with E-state index >= 15 is 0 Å². The van der Waals surface area contributed by atoms with Gasteiger partial charge in [0.05, 0.1) is 10.5 Å². The summed E-state index contributed by atoms with van der Waals surface area (Å²) >= 11 is 0. The maximum Gasteiger partial charge on any atom is 0.275 e. The summed E-state index contributed by atoms with van der Waals surface area (Å²) in [5.74, 6) is -0.894. The van der Waals surface area contributed by atoms with E-state index in [-0.39, 0.29) is 28.2 Å². The fourth-order valence-corrected chi connectivity index (χ4v) is 1.58. The summed E-state index contributed by atoms with van der Waals surface area (Å²) in [6.45, 7) is 1.39. The van der Waals surface area contributed by atoms with Gasteiger partial charge in [-0.15, -0.1) is 0 Å². The van der Waals surface area contributed by atoms with Crippen LogP contribution in [0.25, 0.3) is 0 Å². The molecule has 0 saturated heterocycles. The minimum atomic E-state index is -0.894. The first-order chi connectivity index (χ1) is 10.3. The molecule has 1 aromatic carbocycles. The summed E-state index contributed by atoms with van der Waals surface area (Å²) in [5.41, 5.74) is 3.85. The lowest BCUT2D eigenvalue weighted by Crippen LogP contribution is -2.13. The molecule has 1 rings (SSSR count). The van der Waals surface area contributed by atoms with Gasteiger partial charge in [0.1, 0.15) is 23.9 Å². The Morgan fingerprint density at radius 2 is 1.86 bits per heavy atom. The highest BCUT2D eigenvalue weighted by atomic mass is 16.6. The van der Waals surface area contributed by atoms with Crippen LogP contribution in [0.1, 0.15) is 15.9 Å². The molecule has 0 fully saturated rings. The highest BCUT2D eigenvalue weighted by Gasteiger charge is 2.19. The number of nitrogens with one attached hydrogen (secondary N) is 1. The van der Waals surface area contributed by atoms with Crippen molar-refractivity contribution in [3.63, 3.8) is 0 Å². The van der Waals surface area contributed by atoms with Crippen LogP contribution in [0.5, 0.6) is 0 Å². The van der Waals surface area contributed by atoms with Gasteiger partial charge in [0.15, 0.2) is 5.57 Å². The van der Waals surface area contributed by atoms with E-state index in [0.29, 0.717) is 0 Å². The minimum Gasteiger partial charge on any atom is -0.366 e. The van der Waals surface area contributed by atoms with Crippen LogP contribution >= 0.6 is 0 Å². The van der Waals surface area contributed by atoms with E-state index in [1.807, 2.05) is 0 Å². The van der Waals surface area contributed by atoms with Crippen LogP contribution in [-0.4, -0.2) is 10.8 Å². The van der Waals surface area contributed by atoms with E-state index in [2.05, 4.69) is 5.32 Å². The first-order valence-electron chi connectivity index (χ1n) is 5.66. The highest BCUT2D eigenvalue weighted by Crippen LogP contribution is 2.28. The number of nitrogens with two attached hydrogens (primary N) is 1. The molecule has 22 heavy (non-hydrogen) atoms. The van der Waals surface area contributed by atoms with Gasteiger partial charge < -0.3 is 11.1 Å². The molecular weight excluding hydrogens is 288 g/mol. The summed E-state index contributed by atoms with van der Waals surface area (Å²) in [4.78, 5) is 21.5. The molecule has 9 heteroatoms. The Morgan fingerprint density at radius 1 is 1.27 bits per heavy atom. The van der Waals surface area contributed by atoms with Crippen molar-refractivity contribution in [2.24, 2.45) is 5.73 Å². The molecule has 3 N–H and O–H groups in total. The zero-order valence-electron chi connectivity index (χ0n) is 11.2. The monoisotopic (exact) mass is 296 g/mol. The number of benzene rings is 1. The van der Waals surface area contributed by atoms with E-state index in [4.69, 9.17) is 21.5 Å². The standard InChI is InChI=1S/C13H8N6O3/c1-7-10(18-11(6-16)9(4-14)5-15)2-8(13(17)20)3-12(7)19(21)22/h2-3,18H,1H3,(H2,17,20). The van der Waals surface area contributed by atoms with E-state index in [1.54, 1.807) is 6.07 Å². The molecule has 108 valence electrons. The SMILES string of the molecule is Cc1c(NC(C#N)=C(C#N)C#N)cc(C(N)=O)cc1[N+](=O)[O-]. The maximum absolute atomic E-state index is 11.2. The van der Waals surface area contributed by atoms with Crippen LogP contribution in [0.3, 0.4) is 0 Å². The fraction of sp³-hybridized carbons (Fsp3) is 0.0769. The molecule has 0 saturated carbocycles. The van der Waals surface area contributed by atoms with E-state index in [9.17, 15) is 14.9 Å². The van der Waals surface area contributed by atoms with E-state index in [1.165, 1.54) is 25.1 Å². The first kappa shape index (κ1) is 16.2. The van der Waals surface area contributed by atoms with Gasteiger partial charge in [-0.1, -0.05) is 0 Å². The molecule has 0 radical (unpaired) electrons. The van der Waals surface area contributed by atoms with Gasteiger partial charge in [-0.25, -0.2) is 0 Å². The topological polar surface area (TPSA) is 170 Å². The summed E-state index contributed by atoms with van der Waals surface area (Å²) in [6, 6.07) is 6.88. The third-order valence-electron chi connectivity index (χ3n) is 2.71. The number of nitro groups is 1. The predicted molar refractivity (Wildman–Crippen MR) is 73.8 cm³/mol. The molecule has 1 amide bonds. The Kier molecular flexibility index (Phi) is 4.78. The van der Waals surface area contributed by atoms with Crippen molar-refractivity contribution in [3.8, 4) is 18.2 Å². The number of rotatable bonds is 4. The highest BCUT2D eigenvalue weighted by molar-refractivity contribution is 5.95. The van der Waals surface area contributed by atoms with E-state index < -0.39 is 16.4 Å². The van der Waals surface area contributed by atoms with E-state index in [0.717, 1.165) is 6.07 Å². The van der Waals surface area contributed by atoms with Gasteiger partial charge in [-0.2, -0.15) is 15.8 Å². The number of carbonyl (C=O) groups is 1. The predicted octanol–water partition coefficient (Wildman–Crippen LogP) is 1.24. The Bertz CT molecular complexity index is 804. The summed E-state index contributed by atoms with van der Waals surface area (Å²) in [7, 11) is 0. The molecule has 0 aliphatic carbocycles. The van der Waals surface area contributed by atoms with Crippen molar-refractivity contribution in [2.45, 2.75) is 6.92 Å². The smallest absolute Gasteiger partial charge is 0.275 e. The number of nitriles is 3. The van der Waals surface area contributed by atoms with Gasteiger partial charge >= 0.3 is 0 Å². The molecule has 0 aromatic heterocycles. The average Bonchev–Trinajstić information content (AvgIpc) is 2.48. The first-order valence-corrected chi connectivity index (χ1v) is 5.66. The summed E-state index contributed by atoms with van der Waals surface area (Å²) in [5, 5.41) is 39.9. The minimum absolute atomic E-state index is 0.0301. The van der Waals surface area contributed by atoms with Gasteiger partial charge in [0, 0.05) is 17.3 Å². The molecule has 0 aliphatic rings. The fourth-order valence-electron chi connectivity index (χ4n) is 1.58. The van der Waals surface area contributed by atoms with Crippen LogP contribution in [0.2, 0.25) is 0 Å². The summed E-state index contributed by atoms with van der Waals surface area (Å²) < 4.78 is 0. The Balaban J connectivity index is 3.56. The second-order valence-corrected chi connectivity index (χ2v) is 4.00. The Morgan fingerprint density at radius 3 is 2.27 bits per heavy atom. The molecule has 0 bridgehead atoms. The number of anilines is 1. The molecule has 9 nitrogen and oxygen atoms in total. The second-order valence-electron chi connectivity index (χ2n) is 4.00. The molecule has 0 unspecified atom stereocenters. The number of carbonyl (C=O) groups excluding carboxylic acids is 1.